The van der Waals surface area contributed by atoms with Gasteiger partial charge in [0.2, 0.25) is 15.9 Å². The third kappa shape index (κ3) is 5.93. The molecule has 0 radical (unpaired) electrons. The van der Waals surface area contributed by atoms with Crippen LogP contribution >= 0.6 is 12.4 Å². The fourth-order valence-electron chi connectivity index (χ4n) is 2.48. The van der Waals surface area contributed by atoms with Crippen molar-refractivity contribution in [2.75, 3.05) is 39.9 Å². The molecule has 1 aliphatic rings. The molecule has 1 fully saturated rings. The lowest BCUT2D eigenvalue weighted by Crippen LogP contribution is -2.40. The summed E-state index contributed by atoms with van der Waals surface area (Å²) in [5, 5.41) is 5.81. The van der Waals surface area contributed by atoms with E-state index in [9.17, 15) is 13.2 Å². The Morgan fingerprint density at radius 3 is 2.40 bits per heavy atom. The first-order chi connectivity index (χ1) is 11.4. The Balaban J connectivity index is 0.00000312. The van der Waals surface area contributed by atoms with Crippen LogP contribution in [0.5, 0.6) is 0 Å². The van der Waals surface area contributed by atoms with Gasteiger partial charge in [-0.2, -0.15) is 4.31 Å². The van der Waals surface area contributed by atoms with Crippen LogP contribution in [0.15, 0.2) is 29.2 Å². The van der Waals surface area contributed by atoms with Crippen LogP contribution < -0.4 is 10.6 Å². The lowest BCUT2D eigenvalue weighted by Gasteiger charge is -2.26. The van der Waals surface area contributed by atoms with Gasteiger partial charge >= 0.3 is 0 Å². The maximum Gasteiger partial charge on any atom is 0.243 e. The molecule has 0 spiro atoms. The van der Waals surface area contributed by atoms with Crippen LogP contribution in [0.4, 0.5) is 0 Å². The average molecular weight is 392 g/mol. The van der Waals surface area contributed by atoms with E-state index >= 15 is 0 Å². The first-order valence-corrected chi connectivity index (χ1v) is 9.48. The quantitative estimate of drug-likeness (QED) is 0.710. The second kappa shape index (κ2) is 10.1. The molecule has 2 rings (SSSR count). The summed E-state index contributed by atoms with van der Waals surface area (Å²) in [4.78, 5) is 12.1. The zero-order chi connectivity index (χ0) is 17.6. The van der Waals surface area contributed by atoms with Gasteiger partial charge < -0.3 is 15.4 Å². The maximum absolute atomic E-state index is 12.5. The molecule has 1 atom stereocenters. The predicted molar refractivity (Wildman–Crippen MR) is 98.2 cm³/mol. The van der Waals surface area contributed by atoms with E-state index in [0.717, 1.165) is 5.56 Å². The molecule has 1 aliphatic heterocycles. The minimum Gasteiger partial charge on any atom is -0.379 e. The van der Waals surface area contributed by atoms with E-state index in [1.807, 2.05) is 6.92 Å². The molecule has 1 aromatic carbocycles. The third-order valence-electron chi connectivity index (χ3n) is 3.96. The molecule has 1 saturated heterocycles. The summed E-state index contributed by atoms with van der Waals surface area (Å²) in [7, 11) is -1.67. The number of carbonyl (C=O) groups is 1. The summed E-state index contributed by atoms with van der Waals surface area (Å²) in [6.07, 6.45) is 0. The zero-order valence-electron chi connectivity index (χ0n) is 14.5. The van der Waals surface area contributed by atoms with E-state index in [-0.39, 0.29) is 29.1 Å². The van der Waals surface area contributed by atoms with Crippen LogP contribution in [-0.2, 0) is 26.1 Å². The van der Waals surface area contributed by atoms with Gasteiger partial charge in [0.15, 0.2) is 0 Å². The van der Waals surface area contributed by atoms with Gasteiger partial charge in [0.1, 0.15) is 0 Å². The minimum atomic E-state index is -3.47. The van der Waals surface area contributed by atoms with E-state index < -0.39 is 10.0 Å². The number of benzene rings is 1. The van der Waals surface area contributed by atoms with Crippen molar-refractivity contribution in [1.29, 1.82) is 0 Å². The number of hydrogen-bond acceptors (Lipinski definition) is 5. The van der Waals surface area contributed by atoms with Gasteiger partial charge in [-0.3, -0.25) is 4.79 Å². The molecule has 142 valence electrons. The number of nitrogens with one attached hydrogen (secondary N) is 2. The van der Waals surface area contributed by atoms with Gasteiger partial charge in [0.05, 0.1) is 18.1 Å². The first-order valence-electron chi connectivity index (χ1n) is 8.04. The highest BCUT2D eigenvalue weighted by atomic mass is 35.5. The molecule has 1 aromatic rings. The Labute approximate surface area is 155 Å². The number of ether oxygens (including phenoxy) is 1. The lowest BCUT2D eigenvalue weighted by molar-refractivity contribution is -0.124. The number of sulfonamides is 1. The standard InChI is InChI=1S/C16H25N3O4S.ClH/c1-13(11-17-2)16(20)18-12-14-3-5-15(6-4-14)24(21,22)19-7-9-23-10-8-19;/h3-6,13,17H,7-12H2,1-2H3,(H,18,20);1H. The Bertz CT molecular complexity index is 646. The van der Waals surface area contributed by atoms with Gasteiger partial charge in [-0.1, -0.05) is 19.1 Å². The molecule has 9 heteroatoms. The van der Waals surface area contributed by atoms with Crippen molar-refractivity contribution in [1.82, 2.24) is 14.9 Å². The van der Waals surface area contributed by atoms with Crippen LogP contribution in [0, 0.1) is 5.92 Å². The third-order valence-corrected chi connectivity index (χ3v) is 5.87. The number of morpholine rings is 1. The van der Waals surface area contributed by atoms with E-state index in [4.69, 9.17) is 4.74 Å². The van der Waals surface area contributed by atoms with Crippen molar-refractivity contribution < 1.29 is 17.9 Å². The summed E-state index contributed by atoms with van der Waals surface area (Å²) in [6.45, 7) is 4.45. The number of hydrogen-bond donors (Lipinski definition) is 2. The first kappa shape index (κ1) is 21.9. The second-order valence-corrected chi connectivity index (χ2v) is 7.77. The second-order valence-electron chi connectivity index (χ2n) is 5.84. The van der Waals surface area contributed by atoms with Gasteiger partial charge in [0.25, 0.3) is 0 Å². The average Bonchev–Trinajstić information content (AvgIpc) is 2.61. The largest absolute Gasteiger partial charge is 0.379 e. The van der Waals surface area contributed by atoms with Crippen LogP contribution in [0.2, 0.25) is 0 Å². The summed E-state index contributed by atoms with van der Waals surface area (Å²) in [6, 6.07) is 6.64. The molecule has 1 unspecified atom stereocenters. The van der Waals surface area contributed by atoms with Crippen molar-refractivity contribution in [2.45, 2.75) is 18.4 Å². The number of nitrogens with zero attached hydrogens (tertiary/aromatic N) is 1. The molecule has 0 aliphatic carbocycles. The highest BCUT2D eigenvalue weighted by Gasteiger charge is 2.26. The molecule has 1 heterocycles. The monoisotopic (exact) mass is 391 g/mol. The van der Waals surface area contributed by atoms with Crippen molar-refractivity contribution in [3.05, 3.63) is 29.8 Å². The van der Waals surface area contributed by atoms with Gasteiger partial charge in [0, 0.05) is 32.1 Å². The van der Waals surface area contributed by atoms with E-state index in [1.165, 1.54) is 4.31 Å². The van der Waals surface area contributed by atoms with E-state index in [2.05, 4.69) is 10.6 Å². The molecule has 2 N–H and O–H groups in total. The Morgan fingerprint density at radius 1 is 1.24 bits per heavy atom. The van der Waals surface area contributed by atoms with E-state index in [1.54, 1.807) is 31.3 Å². The smallest absolute Gasteiger partial charge is 0.243 e. The zero-order valence-corrected chi connectivity index (χ0v) is 16.2. The van der Waals surface area contributed by atoms with Crippen molar-refractivity contribution >= 4 is 28.3 Å². The van der Waals surface area contributed by atoms with Gasteiger partial charge in [-0.25, -0.2) is 8.42 Å². The van der Waals surface area contributed by atoms with Crippen molar-refractivity contribution in [2.24, 2.45) is 5.92 Å². The van der Waals surface area contributed by atoms with Gasteiger partial charge in [-0.05, 0) is 24.7 Å². The van der Waals surface area contributed by atoms with Crippen LogP contribution in [0.25, 0.3) is 0 Å². The van der Waals surface area contributed by atoms with Gasteiger partial charge in [-0.15, -0.1) is 12.4 Å². The minimum absolute atomic E-state index is 0. The topological polar surface area (TPSA) is 87.7 Å². The fraction of sp³-hybridized carbons (Fsp3) is 0.562. The lowest BCUT2D eigenvalue weighted by atomic mass is 10.1. The van der Waals surface area contributed by atoms with Crippen LogP contribution in [-0.4, -0.2) is 58.5 Å². The van der Waals surface area contributed by atoms with Crippen molar-refractivity contribution in [3.8, 4) is 0 Å². The number of rotatable bonds is 7. The fourth-order valence-corrected chi connectivity index (χ4v) is 3.89. The molecular weight excluding hydrogens is 366 g/mol. The van der Waals surface area contributed by atoms with Crippen molar-refractivity contribution in [3.63, 3.8) is 0 Å². The Hall–Kier alpha value is -1.19. The van der Waals surface area contributed by atoms with Crippen LogP contribution in [0.1, 0.15) is 12.5 Å². The number of amides is 1. The normalized spacial score (nSPS) is 16.7. The highest BCUT2D eigenvalue weighted by Crippen LogP contribution is 2.17. The molecule has 0 bridgehead atoms. The summed E-state index contributed by atoms with van der Waals surface area (Å²) in [5.41, 5.74) is 0.862. The summed E-state index contributed by atoms with van der Waals surface area (Å²) < 4.78 is 31.7. The molecule has 7 nitrogen and oxygen atoms in total. The molecular formula is C16H26ClN3O4S. The SMILES string of the molecule is CNCC(C)C(=O)NCc1ccc(S(=O)(=O)N2CCOCC2)cc1.Cl. The molecule has 0 saturated carbocycles. The molecule has 1 amide bonds. The Kier molecular flexibility index (Phi) is 8.81. The summed E-state index contributed by atoms with van der Waals surface area (Å²) >= 11 is 0. The summed E-state index contributed by atoms with van der Waals surface area (Å²) in [5.74, 6) is -0.148. The predicted octanol–water partition coefficient (Wildman–Crippen LogP) is 0.601. The highest BCUT2D eigenvalue weighted by molar-refractivity contribution is 7.89. The number of halogens is 1. The maximum atomic E-state index is 12.5. The molecule has 25 heavy (non-hydrogen) atoms. The number of carbonyl (C=O) groups excluding carboxylic acids is 1. The molecule has 0 aromatic heterocycles. The Morgan fingerprint density at radius 2 is 1.84 bits per heavy atom. The van der Waals surface area contributed by atoms with E-state index in [0.29, 0.717) is 39.4 Å². The van der Waals surface area contributed by atoms with Crippen LogP contribution in [0.3, 0.4) is 0 Å².